The number of carbonyl (C=O) groups is 3. The van der Waals surface area contributed by atoms with Gasteiger partial charge in [-0.25, -0.2) is 4.79 Å². The summed E-state index contributed by atoms with van der Waals surface area (Å²) < 4.78 is 0. The first-order chi connectivity index (χ1) is 18.4. The average Bonchev–Trinajstić information content (AvgIpc) is 3.41. The Labute approximate surface area is 227 Å². The highest BCUT2D eigenvalue weighted by Crippen LogP contribution is 2.67. The summed E-state index contributed by atoms with van der Waals surface area (Å²) in [5, 5.41) is 55.6. The summed E-state index contributed by atoms with van der Waals surface area (Å²) >= 11 is 0. The third kappa shape index (κ3) is 4.32. The minimum absolute atomic E-state index is 0.00861. The molecule has 3 saturated carbocycles. The van der Waals surface area contributed by atoms with Crippen molar-refractivity contribution in [2.24, 2.45) is 33.7 Å². The van der Waals surface area contributed by atoms with Crippen molar-refractivity contribution in [3.63, 3.8) is 0 Å². The van der Waals surface area contributed by atoms with E-state index in [1.165, 1.54) is 5.57 Å². The van der Waals surface area contributed by atoms with E-state index < -0.39 is 60.1 Å². The molecule has 0 unspecified atom stereocenters. The quantitative estimate of drug-likeness (QED) is 0.298. The number of amides is 1. The van der Waals surface area contributed by atoms with E-state index in [2.05, 4.69) is 12.1 Å². The van der Waals surface area contributed by atoms with Gasteiger partial charge in [0, 0.05) is 18.4 Å². The van der Waals surface area contributed by atoms with Crippen LogP contribution in [-0.4, -0.2) is 97.4 Å². The van der Waals surface area contributed by atoms with Crippen LogP contribution in [0.15, 0.2) is 16.8 Å². The molecule has 11 heteroatoms. The van der Waals surface area contributed by atoms with E-state index >= 15 is 0 Å². The minimum Gasteiger partial charge on any atom is -0.480 e. The van der Waals surface area contributed by atoms with Crippen LogP contribution >= 0.6 is 0 Å². The van der Waals surface area contributed by atoms with Crippen molar-refractivity contribution in [1.82, 2.24) is 4.90 Å². The van der Waals surface area contributed by atoms with Crippen LogP contribution in [0.3, 0.4) is 0 Å². The van der Waals surface area contributed by atoms with Crippen LogP contribution in [-0.2, 0) is 19.2 Å². The SMILES string of the molecule is C[C@]12CC/C(=N/OCC(=O)N3C[C@H](O)C[C@H]3C(=O)O)C=C1CC[C@H]1[C@H]2[C@@H](O)C[C@@]2(C)[C@H]1CC[C@]2(O)C(=O)CO. The number of allylic oxidation sites excluding steroid dienone is 2. The van der Waals surface area contributed by atoms with E-state index in [0.29, 0.717) is 31.4 Å². The normalized spacial score (nSPS) is 44.3. The van der Waals surface area contributed by atoms with Gasteiger partial charge in [0.25, 0.3) is 5.91 Å². The molecule has 1 saturated heterocycles. The summed E-state index contributed by atoms with van der Waals surface area (Å²) in [6.07, 6.45) is 4.61. The van der Waals surface area contributed by atoms with Gasteiger partial charge in [-0.1, -0.05) is 24.6 Å². The van der Waals surface area contributed by atoms with Gasteiger partial charge in [-0.2, -0.15) is 0 Å². The summed E-state index contributed by atoms with van der Waals surface area (Å²) in [4.78, 5) is 42.9. The molecular formula is C28H40N2O9. The number of carboxylic acids is 1. The number of Topliss-reactive ketones (excluding diaryl/α,β-unsaturated/α-hetero) is 1. The smallest absolute Gasteiger partial charge is 0.326 e. The van der Waals surface area contributed by atoms with Crippen molar-refractivity contribution < 1.29 is 44.8 Å². The molecule has 9 atom stereocenters. The fourth-order valence-corrected chi connectivity index (χ4v) is 8.94. The lowest BCUT2D eigenvalue weighted by Crippen LogP contribution is -2.62. The molecule has 11 nitrogen and oxygen atoms in total. The molecule has 1 aliphatic heterocycles. The molecule has 5 rings (SSSR count). The number of hydrogen-bond acceptors (Lipinski definition) is 9. The van der Waals surface area contributed by atoms with Gasteiger partial charge in [-0.05, 0) is 74.2 Å². The van der Waals surface area contributed by atoms with Crippen molar-refractivity contribution in [2.75, 3.05) is 19.8 Å². The fourth-order valence-electron chi connectivity index (χ4n) is 8.94. The standard InChI is InChI=1S/C28H40N2O9/c1-26-7-5-16(29-39-14-23(35)30-12-17(32)10-20(30)25(36)37)9-15(26)3-4-18-19-6-8-28(38,22(34)13-31)27(19,2)11-21(33)24(18)26/h9,17-21,24,31-33,38H,3-8,10-14H2,1-2H3,(H,36,37)/b29-16-/t17-,18-,19+,20+,21+,24+,26+,27+,28+/m1/s1. The van der Waals surface area contributed by atoms with Crippen LogP contribution in [0.5, 0.6) is 0 Å². The zero-order chi connectivity index (χ0) is 28.3. The summed E-state index contributed by atoms with van der Waals surface area (Å²) in [5.74, 6) is -2.06. The lowest BCUT2D eigenvalue weighted by molar-refractivity contribution is -0.181. The number of aliphatic hydroxyl groups excluding tert-OH is 3. The number of rotatable bonds is 6. The van der Waals surface area contributed by atoms with Crippen LogP contribution in [0.2, 0.25) is 0 Å². The number of hydrogen-bond donors (Lipinski definition) is 5. The maximum Gasteiger partial charge on any atom is 0.326 e. The number of likely N-dealkylation sites (tertiary alicyclic amines) is 1. The number of nitrogens with zero attached hydrogens (tertiary/aromatic N) is 2. The highest BCUT2D eigenvalue weighted by Gasteiger charge is 2.68. The number of fused-ring (bicyclic) bond motifs is 5. The fraction of sp³-hybridized carbons (Fsp3) is 0.786. The molecule has 216 valence electrons. The molecule has 0 bridgehead atoms. The highest BCUT2D eigenvalue weighted by molar-refractivity contribution is 5.96. The van der Waals surface area contributed by atoms with Crippen LogP contribution in [0.1, 0.15) is 65.2 Å². The van der Waals surface area contributed by atoms with E-state index in [1.807, 2.05) is 13.0 Å². The molecule has 1 amide bonds. The van der Waals surface area contributed by atoms with Crippen LogP contribution in [0, 0.1) is 28.6 Å². The second kappa shape index (κ2) is 9.94. The molecule has 5 N–H and O–H groups in total. The lowest BCUT2D eigenvalue weighted by atomic mass is 9.45. The first-order valence-electron chi connectivity index (χ1n) is 14.0. The molecule has 39 heavy (non-hydrogen) atoms. The summed E-state index contributed by atoms with van der Waals surface area (Å²) in [6.45, 7) is 2.91. The zero-order valence-corrected chi connectivity index (χ0v) is 22.6. The van der Waals surface area contributed by atoms with Gasteiger partial charge in [0.15, 0.2) is 12.4 Å². The Morgan fingerprint density at radius 3 is 2.59 bits per heavy atom. The van der Waals surface area contributed by atoms with Crippen molar-refractivity contribution in [2.45, 2.75) is 89.1 Å². The van der Waals surface area contributed by atoms with Crippen LogP contribution < -0.4 is 0 Å². The van der Waals surface area contributed by atoms with Gasteiger partial charge in [-0.3, -0.25) is 9.59 Å². The maximum atomic E-state index is 12.6. The van der Waals surface area contributed by atoms with Crippen molar-refractivity contribution in [1.29, 1.82) is 0 Å². The zero-order valence-electron chi connectivity index (χ0n) is 22.6. The number of ketones is 1. The second-order valence-corrected chi connectivity index (χ2v) is 12.7. The molecule has 1 heterocycles. The first-order valence-corrected chi connectivity index (χ1v) is 14.0. The minimum atomic E-state index is -1.62. The first kappa shape index (κ1) is 28.2. The van der Waals surface area contributed by atoms with Gasteiger partial charge >= 0.3 is 5.97 Å². The van der Waals surface area contributed by atoms with Crippen LogP contribution in [0.4, 0.5) is 0 Å². The Balaban J connectivity index is 1.29. The molecule has 0 radical (unpaired) electrons. The van der Waals surface area contributed by atoms with Crippen molar-refractivity contribution in [3.05, 3.63) is 11.6 Å². The molecule has 5 aliphatic rings. The Hall–Kier alpha value is -2.34. The number of β-amino-alcohol motifs (C(OH)–C–C–N with tert-alkyl or cyclic N) is 1. The number of carboxylic acid groups (broad SMARTS) is 1. The summed E-state index contributed by atoms with van der Waals surface area (Å²) in [6, 6.07) is -1.07. The molecular weight excluding hydrogens is 508 g/mol. The van der Waals surface area contributed by atoms with Crippen LogP contribution in [0.25, 0.3) is 0 Å². The topological polar surface area (TPSA) is 177 Å². The van der Waals surface area contributed by atoms with Gasteiger partial charge in [0.1, 0.15) is 18.2 Å². The number of oxime groups is 1. The summed E-state index contributed by atoms with van der Waals surface area (Å²) in [7, 11) is 0. The summed E-state index contributed by atoms with van der Waals surface area (Å²) in [5.41, 5.74) is -0.824. The van der Waals surface area contributed by atoms with Gasteiger partial charge in [-0.15, -0.1) is 0 Å². The average molecular weight is 549 g/mol. The van der Waals surface area contributed by atoms with Gasteiger partial charge in [0.2, 0.25) is 0 Å². The third-order valence-electron chi connectivity index (χ3n) is 10.9. The molecule has 4 aliphatic carbocycles. The lowest BCUT2D eigenvalue weighted by Gasteiger charge is -2.60. The van der Waals surface area contributed by atoms with E-state index in [4.69, 9.17) is 4.84 Å². The Morgan fingerprint density at radius 2 is 1.90 bits per heavy atom. The Bertz CT molecular complexity index is 1110. The number of carbonyl (C=O) groups excluding carboxylic acids is 2. The Kier molecular flexibility index (Phi) is 7.18. The van der Waals surface area contributed by atoms with Crippen molar-refractivity contribution >= 4 is 23.4 Å². The molecule has 0 spiro atoms. The van der Waals surface area contributed by atoms with Gasteiger partial charge < -0.3 is 35.3 Å². The third-order valence-corrected chi connectivity index (χ3v) is 10.9. The number of aliphatic carboxylic acids is 1. The molecule has 0 aromatic rings. The molecule has 4 fully saturated rings. The van der Waals surface area contributed by atoms with E-state index in [1.54, 1.807) is 0 Å². The predicted octanol–water partition coefficient (Wildman–Crippen LogP) is 0.631. The van der Waals surface area contributed by atoms with E-state index in [-0.39, 0.29) is 36.1 Å². The molecule has 0 aromatic heterocycles. The predicted molar refractivity (Wildman–Crippen MR) is 137 cm³/mol. The maximum absolute atomic E-state index is 12.6. The Morgan fingerprint density at radius 1 is 1.15 bits per heavy atom. The van der Waals surface area contributed by atoms with Gasteiger partial charge in [0.05, 0.1) is 17.9 Å². The molecule has 0 aromatic carbocycles. The largest absolute Gasteiger partial charge is 0.480 e. The highest BCUT2D eigenvalue weighted by atomic mass is 16.6. The van der Waals surface area contributed by atoms with E-state index in [9.17, 15) is 39.9 Å². The second-order valence-electron chi connectivity index (χ2n) is 12.7. The van der Waals surface area contributed by atoms with Crippen molar-refractivity contribution in [3.8, 4) is 0 Å². The van der Waals surface area contributed by atoms with E-state index in [0.717, 1.165) is 24.2 Å². The number of aliphatic hydroxyl groups is 4. The monoisotopic (exact) mass is 548 g/mol.